The van der Waals surface area contributed by atoms with Crippen LogP contribution in [0.15, 0.2) is 28.7 Å². The summed E-state index contributed by atoms with van der Waals surface area (Å²) in [6.07, 6.45) is -3.54. The Hall–Kier alpha value is -3.10. The summed E-state index contributed by atoms with van der Waals surface area (Å²) in [5, 5.41) is 12.9. The van der Waals surface area contributed by atoms with Crippen molar-refractivity contribution in [3.8, 4) is 17.0 Å². The number of alkyl halides is 3. The van der Waals surface area contributed by atoms with E-state index >= 15 is 0 Å². The lowest BCUT2D eigenvalue weighted by molar-refractivity contribution is -0.137. The van der Waals surface area contributed by atoms with Crippen molar-refractivity contribution in [2.45, 2.75) is 31.9 Å². The highest BCUT2D eigenvalue weighted by atomic mass is 19.4. The molecule has 6 nitrogen and oxygen atoms in total. The highest BCUT2D eigenvalue weighted by molar-refractivity contribution is 5.78. The van der Waals surface area contributed by atoms with Crippen LogP contribution < -0.4 is 5.32 Å². The third-order valence-corrected chi connectivity index (χ3v) is 4.78. The van der Waals surface area contributed by atoms with Gasteiger partial charge in [0.15, 0.2) is 11.2 Å². The molecule has 1 aromatic carbocycles. The Balaban J connectivity index is 1.71. The van der Waals surface area contributed by atoms with Crippen molar-refractivity contribution in [3.05, 3.63) is 41.3 Å². The minimum absolute atomic E-state index is 0.0129. The zero-order valence-electron chi connectivity index (χ0n) is 14.8. The van der Waals surface area contributed by atoms with Gasteiger partial charge in [-0.15, -0.1) is 0 Å². The number of phenols is 1. The first-order valence-corrected chi connectivity index (χ1v) is 8.68. The third kappa shape index (κ3) is 3.28. The van der Waals surface area contributed by atoms with Gasteiger partial charge in [0.2, 0.25) is 11.8 Å². The number of hydrogen-bond acceptors (Lipinski definition) is 5. The topological polar surface area (TPSA) is 88.3 Å². The van der Waals surface area contributed by atoms with E-state index in [1.807, 2.05) is 0 Å². The number of benzene rings is 1. The minimum atomic E-state index is -4.55. The van der Waals surface area contributed by atoms with E-state index in [1.54, 1.807) is 12.1 Å². The molecule has 1 fully saturated rings. The average molecular weight is 391 g/mol. The number of carbonyl (C=O) groups is 1. The number of carbonyl (C=O) groups excluding carboxylic acids is 1. The van der Waals surface area contributed by atoms with Crippen molar-refractivity contribution in [2.24, 2.45) is 0 Å². The van der Waals surface area contributed by atoms with E-state index in [0.717, 1.165) is 6.07 Å². The summed E-state index contributed by atoms with van der Waals surface area (Å²) in [7, 11) is 0. The third-order valence-electron chi connectivity index (χ3n) is 4.78. The lowest BCUT2D eigenvalue weighted by Gasteiger charge is -2.18. The molecule has 0 unspecified atom stereocenters. The Kier molecular flexibility index (Phi) is 4.24. The fourth-order valence-corrected chi connectivity index (χ4v) is 3.36. The zero-order chi connectivity index (χ0) is 20.1. The normalized spacial score (nSPS) is 17.7. The van der Waals surface area contributed by atoms with Gasteiger partial charge in [0, 0.05) is 18.5 Å². The molecule has 28 heavy (non-hydrogen) atoms. The number of hydrogen-bond donors (Lipinski definition) is 2. The average Bonchev–Trinajstić information content (AvgIpc) is 3.04. The van der Waals surface area contributed by atoms with Gasteiger partial charge in [0.05, 0.1) is 17.2 Å². The minimum Gasteiger partial charge on any atom is -0.507 e. The molecule has 0 saturated carbocycles. The SMILES string of the molecule is Cc1cc(C(F)(F)F)cc(O)c1-c1ccc2oc([C@@H]3CCC(=O)NC3)nc2n1. The molecule has 1 aliphatic heterocycles. The number of piperidine rings is 1. The molecule has 1 atom stereocenters. The molecule has 0 spiro atoms. The number of oxazole rings is 1. The molecule has 2 N–H and O–H groups in total. The smallest absolute Gasteiger partial charge is 0.416 e. The van der Waals surface area contributed by atoms with Crippen LogP contribution in [0.5, 0.6) is 5.75 Å². The van der Waals surface area contributed by atoms with Crippen LogP contribution in [-0.2, 0) is 11.0 Å². The molecule has 1 saturated heterocycles. The van der Waals surface area contributed by atoms with Gasteiger partial charge < -0.3 is 14.8 Å². The maximum atomic E-state index is 12.9. The van der Waals surface area contributed by atoms with Crippen LogP contribution in [-0.4, -0.2) is 27.5 Å². The number of aromatic hydroxyl groups is 1. The van der Waals surface area contributed by atoms with Gasteiger partial charge in [-0.25, -0.2) is 4.98 Å². The Bertz CT molecular complexity index is 1040. The Labute approximate surface area is 157 Å². The Morgan fingerprint density at radius 1 is 1.25 bits per heavy atom. The maximum absolute atomic E-state index is 12.9. The van der Waals surface area contributed by atoms with Crippen molar-refractivity contribution in [1.29, 1.82) is 0 Å². The van der Waals surface area contributed by atoms with Gasteiger partial charge in [-0.3, -0.25) is 4.79 Å². The molecule has 2 aromatic heterocycles. The highest BCUT2D eigenvalue weighted by Crippen LogP contribution is 2.39. The molecule has 1 amide bonds. The summed E-state index contributed by atoms with van der Waals surface area (Å²) in [6.45, 7) is 1.91. The number of aromatic nitrogens is 2. The summed E-state index contributed by atoms with van der Waals surface area (Å²) in [4.78, 5) is 20.0. The lowest BCUT2D eigenvalue weighted by atomic mass is 9.99. The van der Waals surface area contributed by atoms with E-state index in [1.165, 1.54) is 6.92 Å². The van der Waals surface area contributed by atoms with Crippen LogP contribution in [0.2, 0.25) is 0 Å². The number of nitrogens with zero attached hydrogens (tertiary/aromatic N) is 2. The molecular formula is C19H16F3N3O3. The quantitative estimate of drug-likeness (QED) is 0.691. The number of fused-ring (bicyclic) bond motifs is 1. The van der Waals surface area contributed by atoms with Crippen LogP contribution in [0, 0.1) is 6.92 Å². The fourth-order valence-electron chi connectivity index (χ4n) is 3.36. The van der Waals surface area contributed by atoms with Gasteiger partial charge in [-0.2, -0.15) is 18.2 Å². The molecule has 0 aliphatic carbocycles. The van der Waals surface area contributed by atoms with Crippen LogP contribution >= 0.6 is 0 Å². The summed E-state index contributed by atoms with van der Waals surface area (Å²) in [5.41, 5.74) is 0.563. The van der Waals surface area contributed by atoms with Crippen LogP contribution in [0.25, 0.3) is 22.5 Å². The van der Waals surface area contributed by atoms with Gasteiger partial charge in [-0.1, -0.05) is 0 Å². The van der Waals surface area contributed by atoms with Crippen LogP contribution in [0.3, 0.4) is 0 Å². The molecule has 4 rings (SSSR count). The number of halogens is 3. The van der Waals surface area contributed by atoms with Crippen LogP contribution in [0.4, 0.5) is 13.2 Å². The second-order valence-corrected chi connectivity index (χ2v) is 6.80. The second-order valence-electron chi connectivity index (χ2n) is 6.80. The molecule has 1 aliphatic rings. The van der Waals surface area contributed by atoms with Crippen molar-refractivity contribution < 1.29 is 27.5 Å². The zero-order valence-corrected chi connectivity index (χ0v) is 14.8. The largest absolute Gasteiger partial charge is 0.507 e. The first kappa shape index (κ1) is 18.3. The molecular weight excluding hydrogens is 375 g/mol. The van der Waals surface area contributed by atoms with E-state index in [4.69, 9.17) is 4.42 Å². The lowest BCUT2D eigenvalue weighted by Crippen LogP contribution is -2.33. The number of rotatable bonds is 2. The summed E-state index contributed by atoms with van der Waals surface area (Å²) >= 11 is 0. The van der Waals surface area contributed by atoms with E-state index in [0.29, 0.717) is 48.3 Å². The number of pyridine rings is 1. The van der Waals surface area contributed by atoms with Crippen molar-refractivity contribution in [1.82, 2.24) is 15.3 Å². The van der Waals surface area contributed by atoms with E-state index < -0.39 is 17.5 Å². The molecule has 0 bridgehead atoms. The molecule has 3 aromatic rings. The van der Waals surface area contributed by atoms with Gasteiger partial charge >= 0.3 is 6.18 Å². The second kappa shape index (κ2) is 6.50. The van der Waals surface area contributed by atoms with Crippen LogP contribution in [0.1, 0.15) is 35.8 Å². The highest BCUT2D eigenvalue weighted by Gasteiger charge is 2.32. The molecule has 146 valence electrons. The van der Waals surface area contributed by atoms with E-state index in [-0.39, 0.29) is 23.0 Å². The summed E-state index contributed by atoms with van der Waals surface area (Å²) < 4.78 is 44.5. The van der Waals surface area contributed by atoms with Gasteiger partial charge in [0.25, 0.3) is 0 Å². The number of nitrogens with one attached hydrogen (secondary N) is 1. The number of aryl methyl sites for hydroxylation is 1. The van der Waals surface area contributed by atoms with Gasteiger partial charge in [0.1, 0.15) is 5.75 Å². The van der Waals surface area contributed by atoms with E-state index in [2.05, 4.69) is 15.3 Å². The summed E-state index contributed by atoms with van der Waals surface area (Å²) in [6, 6.07) is 4.84. The molecule has 0 radical (unpaired) electrons. The first-order chi connectivity index (χ1) is 13.2. The molecule has 3 heterocycles. The Morgan fingerprint density at radius 3 is 2.68 bits per heavy atom. The number of phenolic OH excluding ortho intramolecular Hbond substituents is 1. The van der Waals surface area contributed by atoms with Crippen molar-refractivity contribution in [3.63, 3.8) is 0 Å². The standard InChI is InChI=1S/C19H16F3N3O3/c1-9-6-11(19(20,21)22)7-13(26)16(9)12-3-4-14-17(24-12)25-18(28-14)10-2-5-15(27)23-8-10/h3-4,6-7,10,26H,2,5,8H2,1H3,(H,23,27)/t10-/m1/s1. The maximum Gasteiger partial charge on any atom is 0.416 e. The Morgan fingerprint density at radius 2 is 2.04 bits per heavy atom. The predicted octanol–water partition coefficient (Wildman–Crippen LogP) is 3.92. The summed E-state index contributed by atoms with van der Waals surface area (Å²) in [5.74, 6) is -0.122. The molecule has 9 heteroatoms. The van der Waals surface area contributed by atoms with Crippen molar-refractivity contribution in [2.75, 3.05) is 6.54 Å². The fraction of sp³-hybridized carbons (Fsp3) is 0.316. The predicted molar refractivity (Wildman–Crippen MR) is 93.6 cm³/mol. The monoisotopic (exact) mass is 391 g/mol. The van der Waals surface area contributed by atoms with Crippen molar-refractivity contribution >= 4 is 17.1 Å². The van der Waals surface area contributed by atoms with E-state index in [9.17, 15) is 23.1 Å². The first-order valence-electron chi connectivity index (χ1n) is 8.68. The van der Waals surface area contributed by atoms with Gasteiger partial charge in [-0.05, 0) is 43.2 Å². The number of amides is 1.